The number of benzene rings is 1. The predicted molar refractivity (Wildman–Crippen MR) is 98.8 cm³/mol. The molecule has 3 N–H and O–H groups in total. The van der Waals surface area contributed by atoms with Crippen LogP contribution >= 0.6 is 0 Å². The highest BCUT2D eigenvalue weighted by Crippen LogP contribution is 2.43. The molecule has 2 atom stereocenters. The van der Waals surface area contributed by atoms with Gasteiger partial charge in [-0.3, -0.25) is 14.7 Å². The van der Waals surface area contributed by atoms with Gasteiger partial charge in [0.1, 0.15) is 0 Å². The van der Waals surface area contributed by atoms with Crippen LogP contribution in [0.15, 0.2) is 22.0 Å². The zero-order valence-corrected chi connectivity index (χ0v) is 15.8. The summed E-state index contributed by atoms with van der Waals surface area (Å²) in [4.78, 5) is 25.0. The van der Waals surface area contributed by atoms with E-state index in [9.17, 15) is 9.59 Å². The van der Waals surface area contributed by atoms with Crippen molar-refractivity contribution >= 4 is 11.6 Å². The van der Waals surface area contributed by atoms with E-state index in [0.717, 1.165) is 0 Å². The fourth-order valence-electron chi connectivity index (χ4n) is 3.50. The van der Waals surface area contributed by atoms with Crippen molar-refractivity contribution in [2.24, 2.45) is 11.0 Å². The van der Waals surface area contributed by atoms with Crippen LogP contribution in [0.5, 0.6) is 17.2 Å². The van der Waals surface area contributed by atoms with Crippen LogP contribution in [0.2, 0.25) is 0 Å². The smallest absolute Gasteiger partial charge is 0.267 e. The minimum Gasteiger partial charge on any atom is -0.493 e. The molecule has 144 valence electrons. The van der Waals surface area contributed by atoms with Gasteiger partial charge < -0.3 is 19.3 Å². The Morgan fingerprint density at radius 1 is 1.00 bits per heavy atom. The van der Waals surface area contributed by atoms with Crippen molar-refractivity contribution in [3.63, 3.8) is 0 Å². The molecular weight excluding hydrogens is 352 g/mol. The van der Waals surface area contributed by atoms with Crippen LogP contribution < -0.4 is 25.2 Å². The molecule has 1 aromatic heterocycles. The lowest BCUT2D eigenvalue weighted by Gasteiger charge is -2.24. The van der Waals surface area contributed by atoms with Crippen LogP contribution in [-0.2, 0) is 4.79 Å². The van der Waals surface area contributed by atoms with E-state index in [1.807, 2.05) is 0 Å². The number of aromatic nitrogens is 2. The van der Waals surface area contributed by atoms with Gasteiger partial charge in [0.2, 0.25) is 11.7 Å². The summed E-state index contributed by atoms with van der Waals surface area (Å²) in [7, 11) is 4.54. The van der Waals surface area contributed by atoms with Crippen molar-refractivity contribution in [3.8, 4) is 17.2 Å². The number of nitrogens with one attached hydrogen (secondary N) is 3. The number of rotatable bonds is 6. The van der Waals surface area contributed by atoms with Gasteiger partial charge in [-0.25, -0.2) is 5.43 Å². The molecule has 0 radical (unpaired) electrons. The summed E-state index contributed by atoms with van der Waals surface area (Å²) in [5.74, 6) is -0.179. The largest absolute Gasteiger partial charge is 0.493 e. The van der Waals surface area contributed by atoms with E-state index in [4.69, 9.17) is 14.2 Å². The van der Waals surface area contributed by atoms with Crippen LogP contribution in [0.25, 0.3) is 0 Å². The summed E-state index contributed by atoms with van der Waals surface area (Å²) in [5, 5.41) is 9.45. The summed E-state index contributed by atoms with van der Waals surface area (Å²) in [6.07, 6.45) is 0. The average Bonchev–Trinajstić information content (AvgIpc) is 3.17. The Morgan fingerprint density at radius 2 is 1.63 bits per heavy atom. The number of H-pyrrole nitrogens is 2. The van der Waals surface area contributed by atoms with Gasteiger partial charge in [0, 0.05) is 22.9 Å². The SMILES string of the molecule is COc1cc(C(c2c(C)[nH][nH]c2=O)C2C(=O)NN=C2C)cc(OC)c1OC. The third kappa shape index (κ3) is 3.05. The van der Waals surface area contributed by atoms with Crippen molar-refractivity contribution in [1.29, 1.82) is 0 Å². The van der Waals surface area contributed by atoms with E-state index >= 15 is 0 Å². The van der Waals surface area contributed by atoms with Gasteiger partial charge >= 0.3 is 0 Å². The van der Waals surface area contributed by atoms with E-state index in [-0.39, 0.29) is 11.5 Å². The predicted octanol–water partition coefficient (Wildman–Crippen LogP) is 1.29. The number of hydrazone groups is 1. The zero-order chi connectivity index (χ0) is 19.7. The first-order chi connectivity index (χ1) is 12.9. The van der Waals surface area contributed by atoms with Crippen molar-refractivity contribution in [1.82, 2.24) is 15.6 Å². The molecule has 0 bridgehead atoms. The Kier molecular flexibility index (Phi) is 4.93. The molecule has 27 heavy (non-hydrogen) atoms. The van der Waals surface area contributed by atoms with Gasteiger partial charge in [-0.1, -0.05) is 0 Å². The minimum absolute atomic E-state index is 0.272. The second kappa shape index (κ2) is 7.18. The molecule has 2 heterocycles. The van der Waals surface area contributed by atoms with E-state index in [1.165, 1.54) is 21.3 Å². The fourth-order valence-corrected chi connectivity index (χ4v) is 3.50. The monoisotopic (exact) mass is 374 g/mol. The summed E-state index contributed by atoms with van der Waals surface area (Å²) in [6.45, 7) is 3.53. The van der Waals surface area contributed by atoms with E-state index in [1.54, 1.807) is 26.0 Å². The van der Waals surface area contributed by atoms with Gasteiger partial charge in [0.05, 0.1) is 27.2 Å². The first kappa shape index (κ1) is 18.6. The number of ether oxygens (including phenoxy) is 3. The summed E-state index contributed by atoms with van der Waals surface area (Å²) in [5.41, 5.74) is 4.57. The van der Waals surface area contributed by atoms with Gasteiger partial charge in [-0.05, 0) is 31.5 Å². The Labute approximate surface area is 155 Å². The highest BCUT2D eigenvalue weighted by atomic mass is 16.5. The third-order valence-electron chi connectivity index (χ3n) is 4.78. The van der Waals surface area contributed by atoms with E-state index < -0.39 is 11.8 Å². The quantitative estimate of drug-likeness (QED) is 0.704. The lowest BCUT2D eigenvalue weighted by Crippen LogP contribution is -2.31. The molecule has 2 unspecified atom stereocenters. The number of hydrogen-bond acceptors (Lipinski definition) is 6. The number of carbonyl (C=O) groups is 1. The first-order valence-electron chi connectivity index (χ1n) is 8.34. The average molecular weight is 374 g/mol. The standard InChI is InChI=1S/C18H22N4O5/c1-8-13(17(23)21-19-8)15(14-9(2)20-22-18(14)24)10-6-11(25-3)16(27-5)12(7-10)26-4/h6-7,13,15H,1-5H3,(H,21,23)(H2,20,22,24). The van der Waals surface area contributed by atoms with Gasteiger partial charge in [0.25, 0.3) is 5.56 Å². The lowest BCUT2D eigenvalue weighted by atomic mass is 9.78. The lowest BCUT2D eigenvalue weighted by molar-refractivity contribution is -0.122. The molecule has 0 saturated heterocycles. The summed E-state index contributed by atoms with van der Waals surface area (Å²) >= 11 is 0. The maximum atomic E-state index is 12.5. The molecule has 1 aliphatic rings. The molecule has 1 aromatic carbocycles. The Morgan fingerprint density at radius 3 is 2.04 bits per heavy atom. The topological polar surface area (TPSA) is 118 Å². The Bertz CT molecular complexity index is 934. The molecule has 1 amide bonds. The Balaban J connectivity index is 2.28. The fraction of sp³-hybridized carbons (Fsp3) is 0.389. The van der Waals surface area contributed by atoms with Crippen LogP contribution in [0.3, 0.4) is 0 Å². The molecule has 0 aliphatic carbocycles. The second-order valence-electron chi connectivity index (χ2n) is 6.26. The van der Waals surface area contributed by atoms with Crippen molar-refractivity contribution in [3.05, 3.63) is 39.3 Å². The van der Waals surface area contributed by atoms with Crippen molar-refractivity contribution in [2.75, 3.05) is 21.3 Å². The molecular formula is C18H22N4O5. The molecule has 0 saturated carbocycles. The number of amides is 1. The van der Waals surface area contributed by atoms with Gasteiger partial charge in [0.15, 0.2) is 11.5 Å². The van der Waals surface area contributed by atoms with Crippen molar-refractivity contribution < 1.29 is 19.0 Å². The second-order valence-corrected chi connectivity index (χ2v) is 6.26. The van der Waals surface area contributed by atoms with Gasteiger partial charge in [-0.2, -0.15) is 5.10 Å². The van der Waals surface area contributed by atoms with Crippen LogP contribution in [0, 0.1) is 12.8 Å². The third-order valence-corrected chi connectivity index (χ3v) is 4.78. The Hall–Kier alpha value is -3.23. The van der Waals surface area contributed by atoms with Gasteiger partial charge in [-0.15, -0.1) is 0 Å². The molecule has 2 aromatic rings. The normalized spacial score (nSPS) is 17.3. The van der Waals surface area contributed by atoms with E-state index in [0.29, 0.717) is 39.8 Å². The highest BCUT2D eigenvalue weighted by Gasteiger charge is 2.40. The number of methoxy groups -OCH3 is 3. The summed E-state index contributed by atoms with van der Waals surface area (Å²) < 4.78 is 16.2. The van der Waals surface area contributed by atoms with Crippen molar-refractivity contribution in [2.45, 2.75) is 19.8 Å². The number of aromatic amines is 2. The molecule has 0 spiro atoms. The maximum absolute atomic E-state index is 12.5. The molecule has 0 fully saturated rings. The minimum atomic E-state index is -0.636. The first-order valence-corrected chi connectivity index (χ1v) is 8.34. The maximum Gasteiger partial charge on any atom is 0.267 e. The summed E-state index contributed by atoms with van der Waals surface area (Å²) in [6, 6.07) is 3.49. The van der Waals surface area contributed by atoms with E-state index in [2.05, 4.69) is 20.7 Å². The zero-order valence-electron chi connectivity index (χ0n) is 15.8. The highest BCUT2D eigenvalue weighted by molar-refractivity contribution is 6.08. The van der Waals surface area contributed by atoms with Crippen LogP contribution in [0.1, 0.15) is 29.7 Å². The molecule has 1 aliphatic heterocycles. The van der Waals surface area contributed by atoms with Crippen LogP contribution in [0.4, 0.5) is 0 Å². The molecule has 3 rings (SSSR count). The number of carbonyl (C=O) groups excluding carboxylic acids is 1. The molecule has 9 nitrogen and oxygen atoms in total. The van der Waals surface area contributed by atoms with Crippen LogP contribution in [-0.4, -0.2) is 43.1 Å². The number of aryl methyl sites for hydroxylation is 1. The molecule has 9 heteroatoms. The number of hydrogen-bond donors (Lipinski definition) is 3. The number of nitrogens with zero attached hydrogens (tertiary/aromatic N) is 1.